The van der Waals surface area contributed by atoms with Gasteiger partial charge >= 0.3 is 6.18 Å². The number of β-amino-alcohol motifs (C(OH)–C–C–N with tert-alkyl or cyclic N) is 1. The second-order valence-electron chi connectivity index (χ2n) is 20.8. The zero-order valence-corrected chi connectivity index (χ0v) is 44.9. The van der Waals surface area contributed by atoms with Gasteiger partial charge in [-0.05, 0) is 111 Å². The summed E-state index contributed by atoms with van der Waals surface area (Å²) in [6.45, 7) is 15.9. The zero-order chi connectivity index (χ0) is 54.9. The molecule has 3 saturated heterocycles. The molecule has 5 heterocycles. The number of hydrogen-bond acceptors (Lipinski definition) is 12. The number of nitrogens with one attached hydrogen (secondary N) is 2. The molecule has 3 N–H and O–H groups in total. The Kier molecular flexibility index (Phi) is 16.0. The number of aliphatic hydroxyl groups is 1. The molecule has 4 atom stereocenters. The van der Waals surface area contributed by atoms with Gasteiger partial charge in [-0.3, -0.25) is 29.0 Å². The number of aliphatic hydroxyl groups excluding tert-OH is 1. The molecular weight excluding hydrogens is 1010 g/mol. The van der Waals surface area contributed by atoms with E-state index in [4.69, 9.17) is 12.2 Å². The van der Waals surface area contributed by atoms with E-state index in [0.717, 1.165) is 44.5 Å². The SMILES string of the molecule is Cc1ncsc1-c1ccc(C(C)NC(=O)C2CC(O)CN2C(=O)C(NC(=O)CCN2CCN(c3ccc(C#Cc4ccc(N5C(=S)N(c6ccc(C#N)c(C(F)(F)F)c6)C(=O)C5(C)C)cc4)cn3)CC2)C(C)(C)C)cc1. The molecule has 3 aromatic carbocycles. The average Bonchev–Trinajstić information content (AvgIpc) is 4.08. The first-order valence-corrected chi connectivity index (χ1v) is 26.2. The van der Waals surface area contributed by atoms with Gasteiger partial charge in [0, 0.05) is 75.1 Å². The third kappa shape index (κ3) is 11.9. The number of thiazole rings is 1. The van der Waals surface area contributed by atoms with E-state index in [1.807, 2.05) is 76.5 Å². The van der Waals surface area contributed by atoms with Crippen LogP contribution in [0.5, 0.6) is 0 Å². The molecule has 3 aliphatic heterocycles. The lowest BCUT2D eigenvalue weighted by Gasteiger charge is -2.36. The van der Waals surface area contributed by atoms with Gasteiger partial charge in [-0.2, -0.15) is 18.4 Å². The molecule has 15 nitrogen and oxygen atoms in total. The third-order valence-corrected chi connectivity index (χ3v) is 15.3. The Labute approximate surface area is 449 Å². The quantitative estimate of drug-likeness (QED) is 0.0825. The summed E-state index contributed by atoms with van der Waals surface area (Å²) in [7, 11) is 0. The summed E-state index contributed by atoms with van der Waals surface area (Å²) >= 11 is 7.23. The minimum Gasteiger partial charge on any atom is -0.391 e. The molecule has 396 valence electrons. The van der Waals surface area contributed by atoms with Gasteiger partial charge in [0.15, 0.2) is 5.11 Å². The molecule has 3 fully saturated rings. The van der Waals surface area contributed by atoms with Crippen LogP contribution in [0.3, 0.4) is 0 Å². The fourth-order valence-electron chi connectivity index (χ4n) is 9.65. The molecular formula is C56H59F3N10O5S2. The molecule has 76 heavy (non-hydrogen) atoms. The topological polar surface area (TPSA) is 178 Å². The third-order valence-electron chi connectivity index (χ3n) is 14.0. The number of anilines is 3. The van der Waals surface area contributed by atoms with Crippen LogP contribution >= 0.6 is 23.6 Å². The number of pyridine rings is 1. The number of aryl methyl sites for hydroxylation is 1. The highest BCUT2D eigenvalue weighted by atomic mass is 32.1. The number of aromatic nitrogens is 2. The number of thiocarbonyl (C=S) groups is 1. The van der Waals surface area contributed by atoms with Gasteiger partial charge in [0.2, 0.25) is 17.7 Å². The smallest absolute Gasteiger partial charge is 0.391 e. The van der Waals surface area contributed by atoms with Crippen LogP contribution in [0.4, 0.5) is 30.4 Å². The predicted octanol–water partition coefficient (Wildman–Crippen LogP) is 7.60. The number of carbonyl (C=O) groups excluding carboxylic acids is 4. The van der Waals surface area contributed by atoms with Crippen molar-refractivity contribution < 1.29 is 37.5 Å². The van der Waals surface area contributed by atoms with Crippen LogP contribution in [-0.4, -0.2) is 117 Å². The lowest BCUT2D eigenvalue weighted by molar-refractivity contribution is -0.144. The van der Waals surface area contributed by atoms with Gasteiger partial charge < -0.3 is 30.4 Å². The first-order chi connectivity index (χ1) is 35.9. The number of piperazine rings is 1. The van der Waals surface area contributed by atoms with E-state index in [0.29, 0.717) is 49.5 Å². The molecule has 0 spiro atoms. The Morgan fingerprint density at radius 1 is 0.921 bits per heavy atom. The van der Waals surface area contributed by atoms with E-state index in [2.05, 4.69) is 42.2 Å². The zero-order valence-electron chi connectivity index (χ0n) is 43.2. The standard InChI is InChI=1S/C56H59F3N10O5S2/c1-34(38-13-15-39(16-14-38)48-35(2)62-33-76-48)63-50(72)45-29-43(70)32-67(45)51(73)49(54(3,4)5)64-47(71)22-23-65-24-26-66(27-25-65)46-21-12-37(31-61-46)9-8-36-10-18-41(19-11-36)69-53(75)68(52(74)55(69,6)7)42-20-17-40(30-60)44(28-42)56(57,58)59/h10-21,28,31,33-34,43,45,49,70H,22-27,29,32H2,1-7H3,(H,63,72)(H,64,71). The summed E-state index contributed by atoms with van der Waals surface area (Å²) in [6, 6.07) is 21.1. The molecule has 0 radical (unpaired) electrons. The molecule has 4 amide bonds. The lowest BCUT2D eigenvalue weighted by atomic mass is 9.85. The van der Waals surface area contributed by atoms with Crippen molar-refractivity contribution in [2.45, 2.75) is 97.3 Å². The van der Waals surface area contributed by atoms with Crippen LogP contribution in [0.2, 0.25) is 0 Å². The first-order valence-electron chi connectivity index (χ1n) is 24.9. The van der Waals surface area contributed by atoms with E-state index in [9.17, 15) is 42.7 Å². The van der Waals surface area contributed by atoms with Gasteiger partial charge in [-0.15, -0.1) is 11.3 Å². The highest BCUT2D eigenvalue weighted by Gasteiger charge is 2.51. The maximum absolute atomic E-state index is 14.2. The van der Waals surface area contributed by atoms with Crippen molar-refractivity contribution in [3.63, 3.8) is 0 Å². The Hall–Kier alpha value is -7.23. The molecule has 0 saturated carbocycles. The van der Waals surface area contributed by atoms with E-state index < -0.39 is 58.3 Å². The molecule has 2 aromatic heterocycles. The van der Waals surface area contributed by atoms with Gasteiger partial charge in [0.25, 0.3) is 5.91 Å². The van der Waals surface area contributed by atoms with Crippen molar-refractivity contribution in [1.82, 2.24) is 30.4 Å². The molecule has 5 aromatic rings. The van der Waals surface area contributed by atoms with Crippen LogP contribution in [0.15, 0.2) is 90.6 Å². The maximum Gasteiger partial charge on any atom is 0.417 e. The van der Waals surface area contributed by atoms with Crippen LogP contribution in [0, 0.1) is 35.5 Å². The molecule has 8 rings (SSSR count). The second-order valence-corrected chi connectivity index (χ2v) is 22.0. The number of alkyl halides is 3. The van der Waals surface area contributed by atoms with E-state index in [1.54, 1.807) is 66.6 Å². The summed E-state index contributed by atoms with van der Waals surface area (Å²) in [4.78, 5) is 73.6. The molecule has 4 unspecified atom stereocenters. The summed E-state index contributed by atoms with van der Waals surface area (Å²) in [6.07, 6.45) is -3.74. The number of hydrogen-bond donors (Lipinski definition) is 3. The van der Waals surface area contributed by atoms with Crippen molar-refractivity contribution >= 4 is 69.5 Å². The second kappa shape index (κ2) is 22.2. The summed E-state index contributed by atoms with van der Waals surface area (Å²) in [5.41, 5.74) is 2.86. The number of amides is 4. The van der Waals surface area contributed by atoms with Crippen LogP contribution in [0.1, 0.15) is 93.9 Å². The van der Waals surface area contributed by atoms with Gasteiger partial charge in [-0.25, -0.2) is 9.97 Å². The molecule has 0 aliphatic carbocycles. The Balaban J connectivity index is 0.809. The van der Waals surface area contributed by atoms with E-state index in [1.165, 1.54) is 11.0 Å². The monoisotopic (exact) mass is 1070 g/mol. The van der Waals surface area contributed by atoms with Crippen LogP contribution in [0.25, 0.3) is 10.4 Å². The Morgan fingerprint density at radius 3 is 2.18 bits per heavy atom. The lowest BCUT2D eigenvalue weighted by Crippen LogP contribution is -2.58. The number of halogens is 3. The summed E-state index contributed by atoms with van der Waals surface area (Å²) < 4.78 is 41.4. The number of benzene rings is 3. The highest BCUT2D eigenvalue weighted by molar-refractivity contribution is 7.81. The minimum atomic E-state index is -4.81. The van der Waals surface area contributed by atoms with Gasteiger partial charge in [0.1, 0.15) is 23.4 Å². The largest absolute Gasteiger partial charge is 0.417 e. The molecule has 3 aliphatic rings. The number of carbonyl (C=O) groups is 4. The average molecular weight is 1070 g/mol. The fraction of sp³-hybridized carbons (Fsp3) is 0.393. The predicted molar refractivity (Wildman–Crippen MR) is 289 cm³/mol. The van der Waals surface area contributed by atoms with Crippen molar-refractivity contribution in [2.75, 3.05) is 54.0 Å². The Bertz CT molecular complexity index is 3120. The highest BCUT2D eigenvalue weighted by Crippen LogP contribution is 2.40. The van der Waals surface area contributed by atoms with Gasteiger partial charge in [-0.1, -0.05) is 56.9 Å². The van der Waals surface area contributed by atoms with Gasteiger partial charge in [0.05, 0.1) is 51.1 Å². The van der Waals surface area contributed by atoms with E-state index >= 15 is 0 Å². The number of likely N-dealkylation sites (tertiary alicyclic amines) is 1. The summed E-state index contributed by atoms with van der Waals surface area (Å²) in [5.74, 6) is 5.45. The van der Waals surface area contributed by atoms with Crippen LogP contribution in [-0.2, 0) is 25.4 Å². The van der Waals surface area contributed by atoms with Crippen molar-refractivity contribution in [1.29, 1.82) is 5.26 Å². The number of nitriles is 1. The van der Waals surface area contributed by atoms with Crippen molar-refractivity contribution in [3.05, 3.63) is 124 Å². The van der Waals surface area contributed by atoms with Crippen LogP contribution < -0.4 is 25.3 Å². The van der Waals surface area contributed by atoms with Crippen molar-refractivity contribution in [2.24, 2.45) is 5.41 Å². The first kappa shape index (κ1) is 55.0. The Morgan fingerprint density at radius 2 is 1.58 bits per heavy atom. The summed E-state index contributed by atoms with van der Waals surface area (Å²) in [5, 5.41) is 26.0. The number of nitrogens with zero attached hydrogens (tertiary/aromatic N) is 8. The molecule has 20 heteroatoms. The van der Waals surface area contributed by atoms with E-state index in [-0.39, 0.29) is 48.0 Å². The maximum atomic E-state index is 14.2. The molecule has 0 bridgehead atoms. The normalized spacial score (nSPS) is 18.7. The number of rotatable bonds is 12. The van der Waals surface area contributed by atoms with Crippen molar-refractivity contribution in [3.8, 4) is 28.4 Å². The minimum absolute atomic E-state index is 0.00605. The fourth-order valence-corrected chi connectivity index (χ4v) is 11.0.